The monoisotopic (exact) mass is 270 g/mol. The molecular formula is C17H18O3. The van der Waals surface area contributed by atoms with E-state index in [-0.39, 0.29) is 12.9 Å². The molecule has 0 spiro atoms. The van der Waals surface area contributed by atoms with Crippen LogP contribution in [0.1, 0.15) is 17.5 Å². The lowest BCUT2D eigenvalue weighted by atomic mass is 9.78. The Balaban J connectivity index is 1.86. The minimum atomic E-state index is -0.288. The highest BCUT2D eigenvalue weighted by molar-refractivity contribution is 5.63. The summed E-state index contributed by atoms with van der Waals surface area (Å²) < 4.78 is 10.6. The molecule has 0 saturated heterocycles. The minimum Gasteiger partial charge on any atom is -0.494 e. The summed E-state index contributed by atoms with van der Waals surface area (Å²) in [5.41, 5.74) is 3.90. The van der Waals surface area contributed by atoms with Crippen LogP contribution in [0.2, 0.25) is 0 Å². The van der Waals surface area contributed by atoms with Gasteiger partial charge in [0.1, 0.15) is 11.9 Å². The third-order valence-corrected chi connectivity index (χ3v) is 3.87. The molecule has 0 aliphatic heterocycles. The molecule has 20 heavy (non-hydrogen) atoms. The summed E-state index contributed by atoms with van der Waals surface area (Å²) >= 11 is 0. The second kappa shape index (κ2) is 5.55. The second-order valence-corrected chi connectivity index (χ2v) is 5.09. The predicted octanol–water partition coefficient (Wildman–Crippen LogP) is 3.06. The van der Waals surface area contributed by atoms with Crippen molar-refractivity contribution in [3.63, 3.8) is 0 Å². The van der Waals surface area contributed by atoms with E-state index in [9.17, 15) is 0 Å². The van der Waals surface area contributed by atoms with E-state index in [1.54, 1.807) is 0 Å². The fourth-order valence-electron chi connectivity index (χ4n) is 2.92. The van der Waals surface area contributed by atoms with Gasteiger partial charge in [0.05, 0.1) is 6.26 Å². The first-order valence-corrected chi connectivity index (χ1v) is 6.82. The SMILES string of the molecule is C=COC1C=CC2Cc3cc(OCO)ccc3C=C2C1. The molecule has 104 valence electrons. The highest BCUT2D eigenvalue weighted by atomic mass is 16.6. The third-order valence-electron chi connectivity index (χ3n) is 3.87. The molecule has 0 bridgehead atoms. The molecule has 3 heteroatoms. The smallest absolute Gasteiger partial charge is 0.186 e. The van der Waals surface area contributed by atoms with Crippen LogP contribution in [-0.4, -0.2) is 18.0 Å². The zero-order valence-electron chi connectivity index (χ0n) is 11.3. The van der Waals surface area contributed by atoms with Crippen LogP contribution in [0.15, 0.2) is 48.8 Å². The number of aliphatic hydroxyl groups is 1. The zero-order chi connectivity index (χ0) is 13.9. The Labute approximate surface area is 118 Å². The summed E-state index contributed by atoms with van der Waals surface area (Å²) in [4.78, 5) is 0. The van der Waals surface area contributed by atoms with Crippen LogP contribution < -0.4 is 4.74 Å². The zero-order valence-corrected chi connectivity index (χ0v) is 11.3. The van der Waals surface area contributed by atoms with Gasteiger partial charge < -0.3 is 14.6 Å². The Morgan fingerprint density at radius 1 is 1.30 bits per heavy atom. The fraction of sp³-hybridized carbons (Fsp3) is 0.294. The standard InChI is InChI=1S/C17H18O3/c1-2-19-16-5-3-12-8-15-10-17(20-11-18)6-4-13(15)7-14(12)9-16/h2-7,10,12,16,18H,1,8-9,11H2. The number of hydrogen-bond donors (Lipinski definition) is 1. The summed E-state index contributed by atoms with van der Waals surface area (Å²) in [7, 11) is 0. The average molecular weight is 270 g/mol. The number of hydrogen-bond acceptors (Lipinski definition) is 3. The van der Waals surface area contributed by atoms with Gasteiger partial charge in [0.15, 0.2) is 6.79 Å². The molecular weight excluding hydrogens is 252 g/mol. The van der Waals surface area contributed by atoms with E-state index in [0.717, 1.165) is 18.6 Å². The van der Waals surface area contributed by atoms with Gasteiger partial charge in [-0.2, -0.15) is 0 Å². The van der Waals surface area contributed by atoms with Gasteiger partial charge in [-0.1, -0.05) is 30.4 Å². The van der Waals surface area contributed by atoms with Gasteiger partial charge in [-0.25, -0.2) is 0 Å². The van der Waals surface area contributed by atoms with Gasteiger partial charge in [0, 0.05) is 12.3 Å². The Morgan fingerprint density at radius 2 is 2.20 bits per heavy atom. The lowest BCUT2D eigenvalue weighted by Crippen LogP contribution is -2.21. The van der Waals surface area contributed by atoms with Crippen LogP contribution in [0.25, 0.3) is 6.08 Å². The highest BCUT2D eigenvalue weighted by Crippen LogP contribution is 2.36. The topological polar surface area (TPSA) is 38.7 Å². The molecule has 3 nitrogen and oxygen atoms in total. The van der Waals surface area contributed by atoms with E-state index in [2.05, 4.69) is 24.8 Å². The molecule has 2 aliphatic carbocycles. The molecule has 0 heterocycles. The molecule has 1 aromatic rings. The van der Waals surface area contributed by atoms with E-state index in [1.165, 1.54) is 23.0 Å². The normalized spacial score (nSPS) is 23.4. The van der Waals surface area contributed by atoms with E-state index < -0.39 is 0 Å². The van der Waals surface area contributed by atoms with Crippen LogP contribution in [-0.2, 0) is 11.2 Å². The molecule has 1 aromatic carbocycles. The van der Waals surface area contributed by atoms with E-state index >= 15 is 0 Å². The first-order chi connectivity index (χ1) is 9.80. The molecule has 0 aromatic heterocycles. The molecule has 2 aliphatic rings. The van der Waals surface area contributed by atoms with Crippen molar-refractivity contribution in [1.29, 1.82) is 0 Å². The molecule has 1 N–H and O–H groups in total. The van der Waals surface area contributed by atoms with E-state index in [1.807, 2.05) is 18.2 Å². The van der Waals surface area contributed by atoms with Crippen LogP contribution in [0.5, 0.6) is 5.75 Å². The maximum absolute atomic E-state index is 8.82. The van der Waals surface area contributed by atoms with Crippen LogP contribution in [0.3, 0.4) is 0 Å². The molecule has 0 fully saturated rings. The summed E-state index contributed by atoms with van der Waals surface area (Å²) in [5, 5.41) is 8.82. The van der Waals surface area contributed by atoms with Gasteiger partial charge in [-0.15, -0.1) is 0 Å². The van der Waals surface area contributed by atoms with Crippen LogP contribution in [0.4, 0.5) is 0 Å². The molecule has 2 atom stereocenters. The number of rotatable bonds is 4. The van der Waals surface area contributed by atoms with Crippen molar-refractivity contribution < 1.29 is 14.6 Å². The van der Waals surface area contributed by atoms with Crippen molar-refractivity contribution in [2.75, 3.05) is 6.79 Å². The molecule has 2 unspecified atom stereocenters. The quantitative estimate of drug-likeness (QED) is 0.519. The maximum atomic E-state index is 8.82. The van der Waals surface area contributed by atoms with Crippen molar-refractivity contribution in [3.8, 4) is 5.75 Å². The number of ether oxygens (including phenoxy) is 2. The summed E-state index contributed by atoms with van der Waals surface area (Å²) in [6, 6.07) is 5.95. The second-order valence-electron chi connectivity index (χ2n) is 5.09. The highest BCUT2D eigenvalue weighted by Gasteiger charge is 2.25. The predicted molar refractivity (Wildman–Crippen MR) is 78.2 cm³/mol. The van der Waals surface area contributed by atoms with Crippen LogP contribution >= 0.6 is 0 Å². The van der Waals surface area contributed by atoms with Crippen molar-refractivity contribution in [2.45, 2.75) is 18.9 Å². The van der Waals surface area contributed by atoms with Gasteiger partial charge >= 0.3 is 0 Å². The van der Waals surface area contributed by atoms with Crippen molar-refractivity contribution in [2.24, 2.45) is 5.92 Å². The van der Waals surface area contributed by atoms with E-state index in [0.29, 0.717) is 5.92 Å². The summed E-state index contributed by atoms with van der Waals surface area (Å²) in [6.07, 6.45) is 10.1. The molecule has 0 radical (unpaired) electrons. The lowest BCUT2D eigenvalue weighted by molar-refractivity contribution is 0.0984. The largest absolute Gasteiger partial charge is 0.494 e. The number of allylic oxidation sites excluding steroid dienone is 1. The summed E-state index contributed by atoms with van der Waals surface area (Å²) in [6.45, 7) is 3.32. The third kappa shape index (κ3) is 2.49. The van der Waals surface area contributed by atoms with Gasteiger partial charge in [0.25, 0.3) is 0 Å². The lowest BCUT2D eigenvalue weighted by Gasteiger charge is -2.30. The Hall–Kier alpha value is -2.00. The molecule has 0 saturated carbocycles. The van der Waals surface area contributed by atoms with Crippen molar-refractivity contribution >= 4 is 6.08 Å². The summed E-state index contributed by atoms with van der Waals surface area (Å²) in [5.74, 6) is 1.16. The van der Waals surface area contributed by atoms with Crippen LogP contribution in [0, 0.1) is 5.92 Å². The fourth-order valence-corrected chi connectivity index (χ4v) is 2.92. The number of aliphatic hydroxyl groups excluding tert-OH is 1. The minimum absolute atomic E-state index is 0.105. The van der Waals surface area contributed by atoms with E-state index in [4.69, 9.17) is 14.6 Å². The molecule has 0 amide bonds. The Morgan fingerprint density at radius 3 is 3.00 bits per heavy atom. The van der Waals surface area contributed by atoms with Gasteiger partial charge in [-0.3, -0.25) is 0 Å². The Kier molecular flexibility index (Phi) is 3.61. The van der Waals surface area contributed by atoms with Gasteiger partial charge in [0.2, 0.25) is 0 Å². The molecule has 3 rings (SSSR count). The average Bonchev–Trinajstić information content (AvgIpc) is 2.46. The number of benzene rings is 1. The van der Waals surface area contributed by atoms with Gasteiger partial charge in [-0.05, 0) is 35.8 Å². The van der Waals surface area contributed by atoms with Crippen molar-refractivity contribution in [1.82, 2.24) is 0 Å². The first-order valence-electron chi connectivity index (χ1n) is 6.82. The number of fused-ring (bicyclic) bond motifs is 2. The van der Waals surface area contributed by atoms with Crippen molar-refractivity contribution in [3.05, 3.63) is 59.9 Å². The maximum Gasteiger partial charge on any atom is 0.186 e. The Bertz CT molecular complexity index is 572. The first kappa shape index (κ1) is 13.0.